The Kier molecular flexibility index (Phi) is 83.2. The molecular formula is H7BNa4O3. The van der Waals surface area contributed by atoms with Crippen molar-refractivity contribution in [2.24, 2.45) is 0 Å². The molecule has 0 heterocycles. The van der Waals surface area contributed by atoms with Gasteiger partial charge in [-0.2, -0.15) is 0 Å². The van der Waals surface area contributed by atoms with Gasteiger partial charge in [0.05, 0.1) is 0 Å². The quantitative estimate of drug-likeness (QED) is 0.310. The van der Waals surface area contributed by atoms with Crippen LogP contribution in [0.15, 0.2) is 0 Å². The van der Waals surface area contributed by atoms with Gasteiger partial charge in [-0.1, -0.05) is 0 Å². The zero-order valence-corrected chi connectivity index (χ0v) is 1.92. The van der Waals surface area contributed by atoms with Crippen molar-refractivity contribution in [2.75, 3.05) is 0 Å². The first-order chi connectivity index (χ1) is 1.73. The molecule has 0 saturated carbocycles. The Hall–Kier alpha value is 3.94. The standard InChI is InChI=1S/BH3O3.4Na.4H/c2-1(3)4;;;;;;;;/h2-4H;;;;;;;;. The average molecular weight is 158 g/mol. The monoisotopic (exact) mass is 158 g/mol. The van der Waals surface area contributed by atoms with Crippen LogP contribution in [0.1, 0.15) is 0 Å². The van der Waals surface area contributed by atoms with E-state index in [1.807, 2.05) is 0 Å². The Balaban J connectivity index is -0.00000000750. The Morgan fingerprint density at radius 3 is 0.625 bits per heavy atom. The van der Waals surface area contributed by atoms with E-state index in [9.17, 15) is 0 Å². The summed E-state index contributed by atoms with van der Waals surface area (Å²) in [6.07, 6.45) is 0. The summed E-state index contributed by atoms with van der Waals surface area (Å²) in [7, 11) is -2.17. The molecule has 0 fully saturated rings. The summed E-state index contributed by atoms with van der Waals surface area (Å²) in [5.74, 6) is 0. The van der Waals surface area contributed by atoms with Gasteiger partial charge in [0.25, 0.3) is 0 Å². The number of hydrogen-bond acceptors (Lipinski definition) is 3. The molecule has 0 aromatic rings. The van der Waals surface area contributed by atoms with Crippen molar-refractivity contribution in [1.29, 1.82) is 0 Å². The molecule has 0 radical (unpaired) electrons. The van der Waals surface area contributed by atoms with Crippen molar-refractivity contribution in [1.82, 2.24) is 0 Å². The first-order valence-electron chi connectivity index (χ1n) is 0.775. The second-order valence-electron chi connectivity index (χ2n) is 0.346. The summed E-state index contributed by atoms with van der Waals surface area (Å²) in [4.78, 5) is 0. The van der Waals surface area contributed by atoms with Gasteiger partial charge in [0.1, 0.15) is 0 Å². The molecule has 0 unspecified atom stereocenters. The van der Waals surface area contributed by atoms with Gasteiger partial charge in [-0.05, 0) is 0 Å². The molecular weight excluding hydrogens is 151 g/mol. The van der Waals surface area contributed by atoms with Crippen molar-refractivity contribution in [2.45, 2.75) is 0 Å². The maximum atomic E-state index is 7.17. The fourth-order valence-electron chi connectivity index (χ4n) is 0. The molecule has 8 heteroatoms. The number of rotatable bonds is 0. The minimum absolute atomic E-state index is 0. The van der Waals surface area contributed by atoms with Crippen LogP contribution in [-0.4, -0.2) is 141 Å². The maximum absolute atomic E-state index is 7.17. The summed E-state index contributed by atoms with van der Waals surface area (Å²) in [5.41, 5.74) is 0. The van der Waals surface area contributed by atoms with Crippen LogP contribution in [-0.2, 0) is 0 Å². The van der Waals surface area contributed by atoms with Crippen molar-refractivity contribution in [3.8, 4) is 0 Å². The second kappa shape index (κ2) is 22.4. The van der Waals surface area contributed by atoms with Crippen LogP contribution in [0.25, 0.3) is 0 Å². The molecule has 32 valence electrons. The molecule has 0 atom stereocenters. The van der Waals surface area contributed by atoms with E-state index in [2.05, 4.69) is 0 Å². The molecule has 0 aliphatic heterocycles. The third-order valence-electron chi connectivity index (χ3n) is 0. The predicted molar refractivity (Wildman–Crippen MR) is 41.0 cm³/mol. The van der Waals surface area contributed by atoms with Crippen LogP contribution < -0.4 is 0 Å². The Labute approximate surface area is 137 Å². The van der Waals surface area contributed by atoms with Crippen molar-refractivity contribution >= 4 is 126 Å². The van der Waals surface area contributed by atoms with Gasteiger partial charge < -0.3 is 15.1 Å². The molecule has 0 amide bonds. The zero-order chi connectivity index (χ0) is 3.58. The van der Waals surface area contributed by atoms with Crippen LogP contribution in [0, 0.1) is 0 Å². The minimum atomic E-state index is -2.17. The SMILES string of the molecule is OB(O)O.[NaH].[NaH].[NaH].[NaH]. The molecule has 3 nitrogen and oxygen atoms in total. The van der Waals surface area contributed by atoms with Crippen molar-refractivity contribution in [3.05, 3.63) is 0 Å². The molecule has 0 saturated heterocycles. The van der Waals surface area contributed by atoms with Gasteiger partial charge in [-0.15, -0.1) is 0 Å². The van der Waals surface area contributed by atoms with Crippen LogP contribution >= 0.6 is 0 Å². The van der Waals surface area contributed by atoms with Gasteiger partial charge in [-0.25, -0.2) is 0 Å². The third kappa shape index (κ3) is 51.1. The molecule has 0 bridgehead atoms. The van der Waals surface area contributed by atoms with Crippen LogP contribution in [0.5, 0.6) is 0 Å². The topological polar surface area (TPSA) is 60.7 Å². The average Bonchev–Trinajstić information content (AvgIpc) is 0.811. The molecule has 0 aromatic heterocycles. The van der Waals surface area contributed by atoms with E-state index in [1.165, 1.54) is 0 Å². The van der Waals surface area contributed by atoms with E-state index in [0.29, 0.717) is 0 Å². The van der Waals surface area contributed by atoms with Gasteiger partial charge >= 0.3 is 126 Å². The zero-order valence-electron chi connectivity index (χ0n) is 1.92. The van der Waals surface area contributed by atoms with Gasteiger partial charge in [0.2, 0.25) is 0 Å². The predicted octanol–water partition coefficient (Wildman–Crippen LogP) is -4.65. The van der Waals surface area contributed by atoms with E-state index in [-0.39, 0.29) is 118 Å². The molecule has 0 rings (SSSR count). The van der Waals surface area contributed by atoms with Crippen LogP contribution in [0.3, 0.4) is 0 Å². The summed E-state index contributed by atoms with van der Waals surface area (Å²) in [6, 6.07) is 0. The van der Waals surface area contributed by atoms with Crippen molar-refractivity contribution in [3.63, 3.8) is 0 Å². The van der Waals surface area contributed by atoms with E-state index >= 15 is 0 Å². The molecule has 3 N–H and O–H groups in total. The molecule has 8 heavy (non-hydrogen) atoms. The fraction of sp³-hybridized carbons (Fsp3) is 0. The first-order valence-corrected chi connectivity index (χ1v) is 0.775. The molecule has 0 aliphatic carbocycles. The van der Waals surface area contributed by atoms with E-state index < -0.39 is 7.32 Å². The molecule has 0 aromatic carbocycles. The van der Waals surface area contributed by atoms with Gasteiger partial charge in [-0.3, -0.25) is 0 Å². The van der Waals surface area contributed by atoms with Crippen LogP contribution in [0.4, 0.5) is 0 Å². The van der Waals surface area contributed by atoms with E-state index in [4.69, 9.17) is 15.1 Å². The summed E-state index contributed by atoms with van der Waals surface area (Å²) in [5, 5.41) is 21.5. The van der Waals surface area contributed by atoms with Gasteiger partial charge in [0, 0.05) is 0 Å². The second-order valence-corrected chi connectivity index (χ2v) is 0.346. The first kappa shape index (κ1) is 29.7. The normalized spacial score (nSPS) is 3.38. The molecule has 0 spiro atoms. The molecule has 0 aliphatic rings. The van der Waals surface area contributed by atoms with E-state index in [0.717, 1.165) is 0 Å². The summed E-state index contributed by atoms with van der Waals surface area (Å²) in [6.45, 7) is 0. The summed E-state index contributed by atoms with van der Waals surface area (Å²) >= 11 is 0. The van der Waals surface area contributed by atoms with Gasteiger partial charge in [0.15, 0.2) is 0 Å². The summed E-state index contributed by atoms with van der Waals surface area (Å²) < 4.78 is 0. The fourth-order valence-corrected chi connectivity index (χ4v) is 0. The van der Waals surface area contributed by atoms with Crippen LogP contribution in [0.2, 0.25) is 0 Å². The Morgan fingerprint density at radius 1 is 0.625 bits per heavy atom. The number of hydrogen-bond donors (Lipinski definition) is 3. The van der Waals surface area contributed by atoms with Crippen molar-refractivity contribution < 1.29 is 15.1 Å². The third-order valence-corrected chi connectivity index (χ3v) is 0. The van der Waals surface area contributed by atoms with E-state index in [1.54, 1.807) is 0 Å². The Bertz CT molecular complexity index is 16.0. The Morgan fingerprint density at radius 2 is 0.625 bits per heavy atom.